The number of halogens is 2. The minimum atomic E-state index is -0.784. The van der Waals surface area contributed by atoms with Crippen LogP contribution in [0.4, 0.5) is 5.69 Å². The number of nitrogens with zero attached hydrogens (tertiary/aromatic N) is 3. The molecule has 2 fully saturated rings. The zero-order chi connectivity index (χ0) is 19.6. The maximum Gasteiger partial charge on any atom is 0.242 e. The molecule has 7 nitrogen and oxygen atoms in total. The van der Waals surface area contributed by atoms with Crippen LogP contribution in [0.2, 0.25) is 0 Å². The Hall–Kier alpha value is -1.38. The lowest BCUT2D eigenvalue weighted by Crippen LogP contribution is -2.61. The summed E-state index contributed by atoms with van der Waals surface area (Å²) in [5.74, 6) is 0.179. The Kier molecular flexibility index (Phi) is 8.94. The van der Waals surface area contributed by atoms with Crippen LogP contribution in [-0.2, 0) is 20.7 Å². The van der Waals surface area contributed by atoms with Crippen molar-refractivity contribution in [3.63, 3.8) is 0 Å². The predicted octanol–water partition coefficient (Wildman–Crippen LogP) is 1.46. The van der Waals surface area contributed by atoms with Gasteiger partial charge in [-0.1, -0.05) is 18.2 Å². The summed E-state index contributed by atoms with van der Waals surface area (Å²) < 4.78 is 5.34. The molecule has 1 aromatic carbocycles. The Morgan fingerprint density at radius 3 is 2.37 bits per heavy atom. The smallest absolute Gasteiger partial charge is 0.242 e. The van der Waals surface area contributed by atoms with Gasteiger partial charge in [0.1, 0.15) is 0 Å². The van der Waals surface area contributed by atoms with Crippen LogP contribution in [0.15, 0.2) is 24.3 Å². The minimum Gasteiger partial charge on any atom is -0.381 e. The molecule has 0 radical (unpaired) electrons. The molecule has 1 aromatic rings. The molecule has 30 heavy (non-hydrogen) atoms. The van der Waals surface area contributed by atoms with Crippen molar-refractivity contribution in [2.75, 3.05) is 57.4 Å². The van der Waals surface area contributed by atoms with E-state index in [9.17, 15) is 9.59 Å². The van der Waals surface area contributed by atoms with Gasteiger partial charge < -0.3 is 20.3 Å². The van der Waals surface area contributed by atoms with Gasteiger partial charge in [-0.2, -0.15) is 0 Å². The third kappa shape index (κ3) is 5.26. The highest BCUT2D eigenvalue weighted by molar-refractivity contribution is 5.96. The lowest BCUT2D eigenvalue weighted by atomic mass is 9.89. The molecule has 0 spiro atoms. The van der Waals surface area contributed by atoms with Gasteiger partial charge in [-0.15, -0.1) is 24.8 Å². The van der Waals surface area contributed by atoms with Gasteiger partial charge in [0, 0.05) is 51.6 Å². The van der Waals surface area contributed by atoms with Crippen LogP contribution in [0, 0.1) is 0 Å². The summed E-state index contributed by atoms with van der Waals surface area (Å²) in [4.78, 5) is 31.7. The number of rotatable bonds is 3. The van der Waals surface area contributed by atoms with E-state index in [0.29, 0.717) is 58.8 Å². The topological polar surface area (TPSA) is 79.1 Å². The fraction of sp³-hybridized carbons (Fsp3) is 0.619. The van der Waals surface area contributed by atoms with Crippen molar-refractivity contribution in [1.29, 1.82) is 0 Å². The largest absolute Gasteiger partial charge is 0.381 e. The second-order valence-electron chi connectivity index (χ2n) is 8.11. The second-order valence-corrected chi connectivity index (χ2v) is 8.11. The van der Waals surface area contributed by atoms with Crippen LogP contribution >= 0.6 is 24.8 Å². The summed E-state index contributed by atoms with van der Waals surface area (Å²) in [5, 5.41) is 0. The molecule has 9 heteroatoms. The van der Waals surface area contributed by atoms with Crippen molar-refractivity contribution in [2.45, 2.75) is 31.2 Å². The summed E-state index contributed by atoms with van der Waals surface area (Å²) in [7, 11) is 0. The summed E-state index contributed by atoms with van der Waals surface area (Å²) in [5.41, 5.74) is 7.87. The molecule has 0 bridgehead atoms. The summed E-state index contributed by atoms with van der Waals surface area (Å²) in [6.45, 7) is 4.95. The molecule has 0 aromatic heterocycles. The van der Waals surface area contributed by atoms with Crippen LogP contribution in [0.1, 0.15) is 24.8 Å². The molecule has 4 rings (SSSR count). The molecule has 2 amide bonds. The van der Waals surface area contributed by atoms with E-state index in [2.05, 4.69) is 11.0 Å². The van der Waals surface area contributed by atoms with E-state index in [-0.39, 0.29) is 36.6 Å². The molecule has 0 aliphatic carbocycles. The molecule has 2 N–H and O–H groups in total. The number of hydrogen-bond donors (Lipinski definition) is 1. The van der Waals surface area contributed by atoms with E-state index in [0.717, 1.165) is 25.1 Å². The Balaban J connectivity index is 0.00000160. The number of para-hydroxylation sites is 1. The number of ether oxygens (including phenoxy) is 1. The Bertz CT molecular complexity index is 735. The highest BCUT2D eigenvalue weighted by atomic mass is 35.5. The van der Waals surface area contributed by atoms with Crippen LogP contribution in [0.25, 0.3) is 0 Å². The van der Waals surface area contributed by atoms with Gasteiger partial charge >= 0.3 is 0 Å². The second kappa shape index (κ2) is 10.8. The third-order valence-corrected chi connectivity index (χ3v) is 6.24. The first-order valence-corrected chi connectivity index (χ1v) is 10.3. The van der Waals surface area contributed by atoms with E-state index in [1.54, 1.807) is 0 Å². The van der Waals surface area contributed by atoms with Gasteiger partial charge in [0.25, 0.3) is 0 Å². The fourth-order valence-electron chi connectivity index (χ4n) is 4.44. The standard InChI is InChI=1S/C21H30N4O3.2ClH/c22-21(7-14-28-15-8-21)20(27)24-12-10-23(11-13-24)16-19(26)25-9-3-5-17-4-1-2-6-18(17)25;;/h1-2,4,6H,3,5,7-16,22H2;2*1H. The third-order valence-electron chi connectivity index (χ3n) is 6.24. The van der Waals surface area contributed by atoms with E-state index in [4.69, 9.17) is 10.5 Å². The van der Waals surface area contributed by atoms with Crippen LogP contribution in [-0.4, -0.2) is 79.6 Å². The van der Waals surface area contributed by atoms with E-state index < -0.39 is 5.54 Å². The first-order chi connectivity index (χ1) is 13.6. The highest BCUT2D eigenvalue weighted by Gasteiger charge is 2.40. The highest BCUT2D eigenvalue weighted by Crippen LogP contribution is 2.27. The number of anilines is 1. The number of carbonyl (C=O) groups is 2. The number of aryl methyl sites for hydroxylation is 1. The lowest BCUT2D eigenvalue weighted by molar-refractivity contribution is -0.142. The van der Waals surface area contributed by atoms with E-state index >= 15 is 0 Å². The quantitative estimate of drug-likeness (QED) is 0.741. The normalized spacial score (nSPS) is 21.1. The molecule has 3 aliphatic heterocycles. The molecule has 168 valence electrons. The summed E-state index contributed by atoms with van der Waals surface area (Å²) in [6.07, 6.45) is 3.21. The maximum atomic E-state index is 12.9. The summed E-state index contributed by atoms with van der Waals surface area (Å²) in [6, 6.07) is 8.18. The molecular weight excluding hydrogens is 427 g/mol. The number of nitrogens with two attached hydrogens (primary N) is 1. The fourth-order valence-corrected chi connectivity index (χ4v) is 4.44. The molecular formula is C21H32Cl2N4O3. The zero-order valence-corrected chi connectivity index (χ0v) is 18.9. The van der Waals surface area contributed by atoms with E-state index in [1.807, 2.05) is 28.0 Å². The average molecular weight is 459 g/mol. The van der Waals surface area contributed by atoms with Gasteiger partial charge in [-0.05, 0) is 37.3 Å². The van der Waals surface area contributed by atoms with Crippen LogP contribution in [0.3, 0.4) is 0 Å². The van der Waals surface area contributed by atoms with Gasteiger partial charge in [0.2, 0.25) is 11.8 Å². The molecule has 3 heterocycles. The number of amides is 2. The first kappa shape index (κ1) is 24.9. The minimum absolute atomic E-state index is 0. The number of fused-ring (bicyclic) bond motifs is 1. The number of hydrogen-bond acceptors (Lipinski definition) is 5. The number of carbonyl (C=O) groups excluding carboxylic acids is 2. The van der Waals surface area contributed by atoms with Crippen molar-refractivity contribution in [3.8, 4) is 0 Å². The molecule has 0 atom stereocenters. The predicted molar refractivity (Wildman–Crippen MR) is 122 cm³/mol. The zero-order valence-electron chi connectivity index (χ0n) is 17.3. The summed E-state index contributed by atoms with van der Waals surface area (Å²) >= 11 is 0. The molecule has 0 unspecified atom stereocenters. The lowest BCUT2D eigenvalue weighted by Gasteiger charge is -2.41. The number of piperazine rings is 1. The van der Waals surface area contributed by atoms with Gasteiger partial charge in [-0.25, -0.2) is 0 Å². The van der Waals surface area contributed by atoms with Crippen molar-refractivity contribution in [1.82, 2.24) is 9.80 Å². The first-order valence-electron chi connectivity index (χ1n) is 10.3. The van der Waals surface area contributed by atoms with E-state index in [1.165, 1.54) is 5.56 Å². The van der Waals surface area contributed by atoms with Gasteiger partial charge in [-0.3, -0.25) is 14.5 Å². The molecule has 2 saturated heterocycles. The van der Waals surface area contributed by atoms with Crippen molar-refractivity contribution >= 4 is 42.3 Å². The van der Waals surface area contributed by atoms with Crippen LogP contribution in [0.5, 0.6) is 0 Å². The van der Waals surface area contributed by atoms with Crippen molar-refractivity contribution in [3.05, 3.63) is 29.8 Å². The average Bonchev–Trinajstić information content (AvgIpc) is 2.74. The molecule has 3 aliphatic rings. The van der Waals surface area contributed by atoms with Crippen LogP contribution < -0.4 is 10.6 Å². The monoisotopic (exact) mass is 458 g/mol. The Morgan fingerprint density at radius 1 is 1.00 bits per heavy atom. The Morgan fingerprint density at radius 2 is 1.67 bits per heavy atom. The van der Waals surface area contributed by atoms with Gasteiger partial charge in [0.15, 0.2) is 0 Å². The van der Waals surface area contributed by atoms with Gasteiger partial charge in [0.05, 0.1) is 12.1 Å². The Labute approximate surface area is 190 Å². The van der Waals surface area contributed by atoms with Crippen molar-refractivity contribution < 1.29 is 14.3 Å². The maximum absolute atomic E-state index is 12.9. The molecule has 0 saturated carbocycles. The number of benzene rings is 1. The SMILES string of the molecule is Cl.Cl.NC1(C(=O)N2CCN(CC(=O)N3CCCc4ccccc43)CC2)CCOCC1. The van der Waals surface area contributed by atoms with Crippen molar-refractivity contribution in [2.24, 2.45) is 5.73 Å².